The van der Waals surface area contributed by atoms with E-state index >= 15 is 0 Å². The number of nitrogens with zero attached hydrogens (tertiary/aromatic N) is 1. The van der Waals surface area contributed by atoms with E-state index in [1.165, 1.54) is 17.5 Å². The molecule has 1 aromatic carbocycles. The van der Waals surface area contributed by atoms with Gasteiger partial charge < -0.3 is 10.6 Å². The quantitative estimate of drug-likeness (QED) is 0.797. The Bertz CT molecular complexity index is 309. The molecular formula is C14H24N2. The lowest BCUT2D eigenvalue weighted by Crippen LogP contribution is -2.23. The summed E-state index contributed by atoms with van der Waals surface area (Å²) in [6.45, 7) is 7.28. The number of nitrogens with two attached hydrogens (primary N) is 1. The molecule has 0 bridgehead atoms. The van der Waals surface area contributed by atoms with Gasteiger partial charge in [0.05, 0.1) is 0 Å². The molecule has 1 aromatic rings. The van der Waals surface area contributed by atoms with Crippen molar-refractivity contribution in [3.8, 4) is 0 Å². The summed E-state index contributed by atoms with van der Waals surface area (Å²) in [6.07, 6.45) is 1.18. The molecular weight excluding hydrogens is 196 g/mol. The zero-order chi connectivity index (χ0) is 12.0. The molecule has 0 radical (unpaired) electrons. The average Bonchev–Trinajstić information content (AvgIpc) is 2.26. The van der Waals surface area contributed by atoms with Gasteiger partial charge in [-0.3, -0.25) is 0 Å². The highest BCUT2D eigenvalue weighted by atomic mass is 15.1. The first-order chi connectivity index (χ1) is 7.61. The van der Waals surface area contributed by atoms with Crippen LogP contribution in [0.5, 0.6) is 0 Å². The van der Waals surface area contributed by atoms with Gasteiger partial charge in [-0.05, 0) is 45.0 Å². The van der Waals surface area contributed by atoms with Gasteiger partial charge in [-0.15, -0.1) is 0 Å². The van der Waals surface area contributed by atoms with Crippen LogP contribution >= 0.6 is 0 Å². The topological polar surface area (TPSA) is 29.3 Å². The minimum atomic E-state index is 0.625. The third kappa shape index (κ3) is 4.77. The lowest BCUT2D eigenvalue weighted by Gasteiger charge is -2.18. The molecule has 1 unspecified atom stereocenters. The van der Waals surface area contributed by atoms with Crippen LogP contribution in [0.4, 0.5) is 0 Å². The molecule has 2 heteroatoms. The predicted molar refractivity (Wildman–Crippen MR) is 70.3 cm³/mol. The van der Waals surface area contributed by atoms with Crippen molar-refractivity contribution in [1.82, 2.24) is 4.90 Å². The summed E-state index contributed by atoms with van der Waals surface area (Å²) in [4.78, 5) is 2.36. The molecule has 0 aromatic heterocycles. The van der Waals surface area contributed by atoms with E-state index < -0.39 is 0 Å². The van der Waals surface area contributed by atoms with Gasteiger partial charge in [0.15, 0.2) is 0 Å². The Morgan fingerprint density at radius 2 is 2.12 bits per heavy atom. The van der Waals surface area contributed by atoms with Crippen LogP contribution < -0.4 is 5.73 Å². The summed E-state index contributed by atoms with van der Waals surface area (Å²) in [5.74, 6) is 0.625. The van der Waals surface area contributed by atoms with Crippen molar-refractivity contribution >= 4 is 0 Å². The van der Waals surface area contributed by atoms with Crippen molar-refractivity contribution in [1.29, 1.82) is 0 Å². The number of rotatable bonds is 6. The third-order valence-electron chi connectivity index (χ3n) is 2.94. The molecule has 1 rings (SSSR count). The number of hydrogen-bond acceptors (Lipinski definition) is 2. The predicted octanol–water partition coefficient (Wildman–Crippen LogP) is 2.41. The van der Waals surface area contributed by atoms with E-state index in [0.29, 0.717) is 5.92 Å². The number of benzene rings is 1. The molecule has 0 amide bonds. The molecule has 0 aliphatic heterocycles. The molecule has 90 valence electrons. The fourth-order valence-corrected chi connectivity index (χ4v) is 1.76. The lowest BCUT2D eigenvalue weighted by atomic mass is 10.1. The molecule has 16 heavy (non-hydrogen) atoms. The first-order valence-corrected chi connectivity index (χ1v) is 6.06. The minimum Gasteiger partial charge on any atom is -0.330 e. The van der Waals surface area contributed by atoms with Crippen molar-refractivity contribution in [2.24, 2.45) is 11.7 Å². The molecule has 0 aliphatic carbocycles. The maximum absolute atomic E-state index is 5.61. The second-order valence-corrected chi connectivity index (χ2v) is 4.86. The van der Waals surface area contributed by atoms with Crippen LogP contribution in [0.15, 0.2) is 24.3 Å². The maximum Gasteiger partial charge on any atom is 0.0230 e. The van der Waals surface area contributed by atoms with Crippen LogP contribution in [0, 0.1) is 12.8 Å². The monoisotopic (exact) mass is 220 g/mol. The molecule has 0 spiro atoms. The molecule has 0 aliphatic rings. The number of hydrogen-bond donors (Lipinski definition) is 1. The van der Waals surface area contributed by atoms with Gasteiger partial charge in [-0.1, -0.05) is 36.8 Å². The summed E-state index contributed by atoms with van der Waals surface area (Å²) in [6, 6.07) is 8.71. The van der Waals surface area contributed by atoms with Crippen LogP contribution in [0.25, 0.3) is 0 Å². The highest BCUT2D eigenvalue weighted by molar-refractivity contribution is 5.21. The zero-order valence-corrected chi connectivity index (χ0v) is 10.7. The average molecular weight is 220 g/mol. The van der Waals surface area contributed by atoms with Crippen LogP contribution in [-0.4, -0.2) is 25.0 Å². The highest BCUT2D eigenvalue weighted by Gasteiger charge is 2.03. The molecule has 0 heterocycles. The van der Waals surface area contributed by atoms with E-state index in [1.54, 1.807) is 0 Å². The second-order valence-electron chi connectivity index (χ2n) is 4.86. The smallest absolute Gasteiger partial charge is 0.0230 e. The van der Waals surface area contributed by atoms with E-state index in [9.17, 15) is 0 Å². The maximum atomic E-state index is 5.61. The van der Waals surface area contributed by atoms with Gasteiger partial charge >= 0.3 is 0 Å². The van der Waals surface area contributed by atoms with Gasteiger partial charge in [0.2, 0.25) is 0 Å². The minimum absolute atomic E-state index is 0.625. The van der Waals surface area contributed by atoms with Crippen molar-refractivity contribution in [3.63, 3.8) is 0 Å². The fraction of sp³-hybridized carbons (Fsp3) is 0.571. The summed E-state index contributed by atoms with van der Waals surface area (Å²) in [5, 5.41) is 0. The molecule has 1 atom stereocenters. The van der Waals surface area contributed by atoms with Crippen LogP contribution in [0.3, 0.4) is 0 Å². The fourth-order valence-electron chi connectivity index (χ4n) is 1.76. The first kappa shape index (κ1) is 13.2. The van der Waals surface area contributed by atoms with Gasteiger partial charge in [0, 0.05) is 6.54 Å². The van der Waals surface area contributed by atoms with Crippen LogP contribution in [0.1, 0.15) is 24.5 Å². The van der Waals surface area contributed by atoms with Crippen LogP contribution in [-0.2, 0) is 6.54 Å². The Kier molecular flexibility index (Phi) is 5.50. The largest absolute Gasteiger partial charge is 0.330 e. The summed E-state index contributed by atoms with van der Waals surface area (Å²) in [5.41, 5.74) is 8.34. The Labute approximate surface area is 99.5 Å². The van der Waals surface area contributed by atoms with E-state index in [4.69, 9.17) is 5.73 Å². The Morgan fingerprint density at radius 1 is 1.38 bits per heavy atom. The van der Waals surface area contributed by atoms with Crippen molar-refractivity contribution < 1.29 is 0 Å². The van der Waals surface area contributed by atoms with Gasteiger partial charge in [0.1, 0.15) is 0 Å². The third-order valence-corrected chi connectivity index (χ3v) is 2.94. The summed E-state index contributed by atoms with van der Waals surface area (Å²) in [7, 11) is 2.17. The van der Waals surface area contributed by atoms with E-state index in [0.717, 1.165) is 19.6 Å². The van der Waals surface area contributed by atoms with Gasteiger partial charge in [0.25, 0.3) is 0 Å². The Balaban J connectivity index is 2.36. The van der Waals surface area contributed by atoms with Crippen molar-refractivity contribution in [2.45, 2.75) is 26.8 Å². The van der Waals surface area contributed by atoms with E-state index in [1.807, 2.05) is 0 Å². The summed E-state index contributed by atoms with van der Waals surface area (Å²) < 4.78 is 0. The summed E-state index contributed by atoms with van der Waals surface area (Å²) >= 11 is 0. The van der Waals surface area contributed by atoms with Crippen LogP contribution in [0.2, 0.25) is 0 Å². The van der Waals surface area contributed by atoms with E-state index in [-0.39, 0.29) is 0 Å². The second kappa shape index (κ2) is 6.66. The van der Waals surface area contributed by atoms with Gasteiger partial charge in [-0.2, -0.15) is 0 Å². The molecule has 0 saturated carbocycles. The first-order valence-electron chi connectivity index (χ1n) is 6.06. The standard InChI is InChI=1S/C14H24N2/c1-12-5-4-6-14(9-12)11-16(3)8-7-13(2)10-15/h4-6,9,13H,7-8,10-11,15H2,1-3H3. The van der Waals surface area contributed by atoms with Gasteiger partial charge in [-0.25, -0.2) is 0 Å². The Hall–Kier alpha value is -0.860. The van der Waals surface area contributed by atoms with Crippen molar-refractivity contribution in [3.05, 3.63) is 35.4 Å². The lowest BCUT2D eigenvalue weighted by molar-refractivity contribution is 0.300. The molecule has 2 nitrogen and oxygen atoms in total. The molecule has 0 saturated heterocycles. The SMILES string of the molecule is Cc1cccc(CN(C)CCC(C)CN)c1. The Morgan fingerprint density at radius 3 is 2.75 bits per heavy atom. The highest BCUT2D eigenvalue weighted by Crippen LogP contribution is 2.08. The van der Waals surface area contributed by atoms with E-state index in [2.05, 4.69) is 50.1 Å². The molecule has 2 N–H and O–H groups in total. The molecule has 0 fully saturated rings. The normalized spacial score (nSPS) is 13.1. The number of aryl methyl sites for hydroxylation is 1. The zero-order valence-electron chi connectivity index (χ0n) is 10.7. The van der Waals surface area contributed by atoms with Crippen molar-refractivity contribution in [2.75, 3.05) is 20.1 Å².